The van der Waals surface area contributed by atoms with Gasteiger partial charge < -0.3 is 33.8 Å². The van der Waals surface area contributed by atoms with Crippen LogP contribution in [0.25, 0.3) is 0 Å². The van der Waals surface area contributed by atoms with Gasteiger partial charge >= 0.3 is 39.5 Å². The Morgan fingerprint density at radius 1 is 0.290 bits per heavy atom. The van der Waals surface area contributed by atoms with Crippen molar-refractivity contribution in [1.29, 1.82) is 0 Å². The average Bonchev–Trinajstić information content (AvgIpc) is 0.926. The Bertz CT molecular complexity index is 2270. The first kappa shape index (κ1) is 96.0. The largest absolute Gasteiger partial charge is 0.472 e. The van der Waals surface area contributed by atoms with Gasteiger partial charge in [0, 0.05) is 25.7 Å². The number of unbranched alkanes of at least 4 members (excludes halogenated alkanes) is 32. The first-order chi connectivity index (χ1) is 48.7. The number of phosphoric ester groups is 2. The number of carbonyl (C=O) groups is 4. The van der Waals surface area contributed by atoms with Gasteiger partial charge in [0.15, 0.2) is 12.2 Å². The Kier molecular flexibility index (Phi) is 70.4. The topological polar surface area (TPSA) is 237 Å². The molecule has 0 aliphatic carbocycles. The summed E-state index contributed by atoms with van der Waals surface area (Å²) >= 11 is 0. The third-order valence-corrected chi connectivity index (χ3v) is 18.4. The van der Waals surface area contributed by atoms with Crippen molar-refractivity contribution in [3.8, 4) is 0 Å². The molecule has 0 saturated carbocycles. The fourth-order valence-corrected chi connectivity index (χ4v) is 12.0. The van der Waals surface area contributed by atoms with Gasteiger partial charge in [0.05, 0.1) is 26.4 Å². The maximum absolute atomic E-state index is 13.1. The number of hydrogen-bond donors (Lipinski definition) is 3. The van der Waals surface area contributed by atoms with Gasteiger partial charge in [-0.3, -0.25) is 37.3 Å². The molecule has 0 aromatic rings. The fraction of sp³-hybridized carbons (Fsp3) is 0.753. The number of hydrogen-bond acceptors (Lipinski definition) is 15. The molecule has 0 fully saturated rings. The molecule has 0 aliphatic rings. The maximum Gasteiger partial charge on any atom is 0.472 e. The minimum Gasteiger partial charge on any atom is -0.462 e. The number of rotatable bonds is 74. The Labute approximate surface area is 607 Å². The van der Waals surface area contributed by atoms with Crippen LogP contribution in [0.2, 0.25) is 0 Å². The van der Waals surface area contributed by atoms with E-state index in [1.165, 1.54) is 70.6 Å². The van der Waals surface area contributed by atoms with Gasteiger partial charge in [0.25, 0.3) is 0 Å². The van der Waals surface area contributed by atoms with Crippen LogP contribution in [0, 0.1) is 0 Å². The van der Waals surface area contributed by atoms with Crippen LogP contribution in [0.5, 0.6) is 0 Å². The normalized spacial score (nSPS) is 14.4. The fourth-order valence-electron chi connectivity index (χ4n) is 10.5. The molecule has 0 bridgehead atoms. The summed E-state index contributed by atoms with van der Waals surface area (Å²) in [7, 11) is -9.96. The second-order valence-corrected chi connectivity index (χ2v) is 29.2. The highest BCUT2D eigenvalue weighted by Gasteiger charge is 2.30. The molecule has 0 radical (unpaired) electrons. The number of carbonyl (C=O) groups excluding carboxylic acids is 4. The zero-order valence-electron chi connectivity index (χ0n) is 63.1. The van der Waals surface area contributed by atoms with Crippen LogP contribution in [0.3, 0.4) is 0 Å². The Balaban J connectivity index is 5.34. The lowest BCUT2D eigenvalue weighted by molar-refractivity contribution is -0.161. The van der Waals surface area contributed by atoms with E-state index in [0.717, 1.165) is 186 Å². The summed E-state index contributed by atoms with van der Waals surface area (Å²) in [6.07, 6.45) is 76.8. The second-order valence-electron chi connectivity index (χ2n) is 26.3. The molecule has 17 nitrogen and oxygen atoms in total. The van der Waals surface area contributed by atoms with Gasteiger partial charge in [-0.1, -0.05) is 266 Å². The average molecular weight is 1450 g/mol. The third kappa shape index (κ3) is 72.3. The van der Waals surface area contributed by atoms with Gasteiger partial charge in [0.1, 0.15) is 19.3 Å². The van der Waals surface area contributed by atoms with Crippen molar-refractivity contribution >= 4 is 39.5 Å². The second kappa shape index (κ2) is 73.3. The number of aliphatic hydroxyl groups excluding tert-OH is 1. The van der Waals surface area contributed by atoms with Crippen LogP contribution < -0.4 is 0 Å². The predicted octanol–water partition coefficient (Wildman–Crippen LogP) is 22.8. The van der Waals surface area contributed by atoms with Crippen molar-refractivity contribution in [2.24, 2.45) is 0 Å². The number of allylic oxidation sites excluding steroid dienone is 16. The first-order valence-electron chi connectivity index (χ1n) is 39.5. The van der Waals surface area contributed by atoms with Gasteiger partial charge in [-0.2, -0.15) is 0 Å². The molecule has 0 amide bonds. The Hall–Kier alpha value is -4.02. The van der Waals surface area contributed by atoms with Crippen molar-refractivity contribution in [3.05, 3.63) is 97.2 Å². The van der Waals surface area contributed by atoms with Crippen LogP contribution in [0.15, 0.2) is 97.2 Å². The number of aliphatic hydroxyl groups is 1. The van der Waals surface area contributed by atoms with Gasteiger partial charge in [-0.15, -0.1) is 0 Å². The van der Waals surface area contributed by atoms with E-state index >= 15 is 0 Å². The minimum absolute atomic E-state index is 0.0720. The van der Waals surface area contributed by atoms with E-state index in [2.05, 4.69) is 125 Å². The molecule has 19 heteroatoms. The molecule has 5 unspecified atom stereocenters. The van der Waals surface area contributed by atoms with Crippen molar-refractivity contribution in [2.45, 2.75) is 354 Å². The highest BCUT2D eigenvalue weighted by atomic mass is 31.2. The van der Waals surface area contributed by atoms with Gasteiger partial charge in [-0.25, -0.2) is 9.13 Å². The lowest BCUT2D eigenvalue weighted by Crippen LogP contribution is -2.30. The van der Waals surface area contributed by atoms with Gasteiger partial charge in [-0.05, 0) is 141 Å². The molecule has 0 aromatic heterocycles. The summed E-state index contributed by atoms with van der Waals surface area (Å²) in [5.74, 6) is -2.21. The predicted molar refractivity (Wildman–Crippen MR) is 409 cm³/mol. The molecule has 0 rings (SSSR count). The van der Waals surface area contributed by atoms with E-state index in [1.807, 2.05) is 0 Å². The number of phosphoric acid groups is 2. The highest BCUT2D eigenvalue weighted by Crippen LogP contribution is 2.45. The van der Waals surface area contributed by atoms with Crippen molar-refractivity contribution in [1.82, 2.24) is 0 Å². The van der Waals surface area contributed by atoms with E-state index in [1.54, 1.807) is 0 Å². The van der Waals surface area contributed by atoms with Crippen LogP contribution >= 0.6 is 15.6 Å². The quantitative estimate of drug-likeness (QED) is 0.0169. The van der Waals surface area contributed by atoms with Crippen LogP contribution in [0.4, 0.5) is 0 Å². The van der Waals surface area contributed by atoms with E-state index < -0.39 is 97.5 Å². The van der Waals surface area contributed by atoms with Crippen molar-refractivity contribution in [2.75, 3.05) is 39.6 Å². The molecule has 0 spiro atoms. The first-order valence-corrected chi connectivity index (χ1v) is 42.5. The standard InChI is InChI=1S/C81H142O17P2/c1-5-9-13-17-21-25-29-32-35-36-37-38-41-43-47-50-54-58-62-66-79(84)92-72-77(98-81(86)68-64-60-56-52-48-44-40-34-31-27-23-19-15-11-7-3)74-96-100(89,90)94-70-75(82)69-93-99(87,88)95-73-76(97-80(85)67-63-59-55-51-45-28-24-20-16-12-8-4)71-91-78(83)65-61-57-53-49-46-42-39-33-30-26-22-18-14-10-6-2/h11,15,20-21,23-25,27,32-35,37-40,75-77,82H,5-10,12-14,16-19,22,26,28-31,36,41-74H2,1-4H3,(H,87,88)(H,89,90)/b15-11-,24-20-,25-21-,27-23-,35-32-,38-37-,39-33-,40-34-. The molecule has 0 saturated heterocycles. The number of esters is 4. The van der Waals surface area contributed by atoms with E-state index in [9.17, 15) is 43.2 Å². The molecule has 578 valence electrons. The minimum atomic E-state index is -4.98. The summed E-state index contributed by atoms with van der Waals surface area (Å²) in [6, 6.07) is 0. The molecule has 0 aliphatic heterocycles. The summed E-state index contributed by atoms with van der Waals surface area (Å²) in [5, 5.41) is 10.6. The van der Waals surface area contributed by atoms with Crippen molar-refractivity contribution in [3.63, 3.8) is 0 Å². The molecular formula is C81H142O17P2. The lowest BCUT2D eigenvalue weighted by atomic mass is 10.1. The van der Waals surface area contributed by atoms with Crippen LogP contribution in [0.1, 0.15) is 336 Å². The third-order valence-electron chi connectivity index (χ3n) is 16.5. The summed E-state index contributed by atoms with van der Waals surface area (Å²) in [5.41, 5.74) is 0. The van der Waals surface area contributed by atoms with E-state index in [4.69, 9.17) is 37.0 Å². The highest BCUT2D eigenvalue weighted by molar-refractivity contribution is 7.47. The lowest BCUT2D eigenvalue weighted by Gasteiger charge is -2.21. The molecule has 0 aromatic carbocycles. The molecule has 3 N–H and O–H groups in total. The summed E-state index contributed by atoms with van der Waals surface area (Å²) in [4.78, 5) is 72.9. The van der Waals surface area contributed by atoms with Gasteiger partial charge in [0.2, 0.25) is 0 Å². The summed E-state index contributed by atoms with van der Waals surface area (Å²) < 4.78 is 68.5. The van der Waals surface area contributed by atoms with Crippen molar-refractivity contribution < 1.29 is 80.2 Å². The Morgan fingerprint density at radius 3 is 0.860 bits per heavy atom. The van der Waals surface area contributed by atoms with Crippen LogP contribution in [-0.2, 0) is 65.4 Å². The Morgan fingerprint density at radius 2 is 0.530 bits per heavy atom. The summed E-state index contributed by atoms with van der Waals surface area (Å²) in [6.45, 7) is 4.67. The maximum atomic E-state index is 13.1. The van der Waals surface area contributed by atoms with E-state index in [0.29, 0.717) is 25.7 Å². The molecular weight excluding hydrogens is 1310 g/mol. The number of ether oxygens (including phenoxy) is 4. The van der Waals surface area contributed by atoms with Crippen LogP contribution in [-0.4, -0.2) is 96.7 Å². The monoisotopic (exact) mass is 1450 g/mol. The smallest absolute Gasteiger partial charge is 0.462 e. The van der Waals surface area contributed by atoms with E-state index in [-0.39, 0.29) is 25.7 Å². The molecule has 5 atom stereocenters. The molecule has 0 heterocycles. The zero-order chi connectivity index (χ0) is 73.2. The zero-order valence-corrected chi connectivity index (χ0v) is 64.9. The SMILES string of the molecule is CC/C=C\C/C=C\C/C=C\CCCCCCCC(=O)OC(COC(=O)CCCCCCCC/C=C\C/C=C\C/C=C\CCCCC)COP(=O)(O)OCC(O)COP(=O)(O)OCC(COC(=O)CCCCCCC/C=C\CCCCCCCC)OC(=O)CCCCCCC/C=C\CCCC. The molecule has 100 heavy (non-hydrogen) atoms.